The van der Waals surface area contributed by atoms with Crippen LogP contribution in [0.1, 0.15) is 46.0 Å². The Balaban J connectivity index is 2.26. The molecule has 0 aromatic heterocycles. The van der Waals surface area contributed by atoms with Gasteiger partial charge in [-0.25, -0.2) is 0 Å². The minimum absolute atomic E-state index is 0.434. The molecule has 0 aromatic rings. The summed E-state index contributed by atoms with van der Waals surface area (Å²) in [5.74, 6) is 0. The lowest BCUT2D eigenvalue weighted by molar-refractivity contribution is -0.0145. The van der Waals surface area contributed by atoms with Crippen LogP contribution in [-0.2, 0) is 4.74 Å². The predicted octanol–water partition coefficient (Wildman–Crippen LogP) is 2.33. The molecule has 2 nitrogen and oxygen atoms in total. The summed E-state index contributed by atoms with van der Waals surface area (Å²) < 4.78 is 5.99. The van der Waals surface area contributed by atoms with E-state index in [0.717, 1.165) is 0 Å². The second-order valence-corrected chi connectivity index (χ2v) is 4.10. The van der Waals surface area contributed by atoms with Crippen molar-refractivity contribution in [2.24, 2.45) is 0 Å². The van der Waals surface area contributed by atoms with Gasteiger partial charge < -0.3 is 10.1 Å². The van der Waals surface area contributed by atoms with Gasteiger partial charge in [0.1, 0.15) is 0 Å². The summed E-state index contributed by atoms with van der Waals surface area (Å²) in [5, 5.41) is 3.34. The van der Waals surface area contributed by atoms with Crippen molar-refractivity contribution in [2.45, 2.75) is 64.2 Å². The molecule has 0 heterocycles. The fourth-order valence-corrected chi connectivity index (χ4v) is 2.19. The molecule has 0 saturated heterocycles. The third-order valence-electron chi connectivity index (χ3n) is 2.93. The Morgan fingerprint density at radius 2 is 2.23 bits per heavy atom. The molecule has 2 heteroatoms. The lowest BCUT2D eigenvalue weighted by atomic mass is 10.2. The molecule has 0 bridgehead atoms. The Morgan fingerprint density at radius 3 is 2.85 bits per heavy atom. The number of rotatable bonds is 5. The third kappa shape index (κ3) is 3.28. The quantitative estimate of drug-likeness (QED) is 0.710. The molecular weight excluding hydrogens is 162 g/mol. The first-order chi connectivity index (χ1) is 6.27. The lowest BCUT2D eigenvalue weighted by Crippen LogP contribution is -2.36. The fraction of sp³-hybridized carbons (Fsp3) is 1.00. The van der Waals surface area contributed by atoms with E-state index in [-0.39, 0.29) is 0 Å². The van der Waals surface area contributed by atoms with Gasteiger partial charge in [-0.05, 0) is 39.7 Å². The van der Waals surface area contributed by atoms with Crippen molar-refractivity contribution in [3.05, 3.63) is 0 Å². The summed E-state index contributed by atoms with van der Waals surface area (Å²) >= 11 is 0. The van der Waals surface area contributed by atoms with Gasteiger partial charge in [0, 0.05) is 6.04 Å². The highest BCUT2D eigenvalue weighted by Gasteiger charge is 2.27. The van der Waals surface area contributed by atoms with Crippen LogP contribution in [-0.4, -0.2) is 25.3 Å². The van der Waals surface area contributed by atoms with Crippen molar-refractivity contribution >= 4 is 0 Å². The van der Waals surface area contributed by atoms with Crippen LogP contribution >= 0.6 is 0 Å². The van der Waals surface area contributed by atoms with Gasteiger partial charge >= 0.3 is 0 Å². The first kappa shape index (κ1) is 11.0. The zero-order chi connectivity index (χ0) is 9.68. The van der Waals surface area contributed by atoms with E-state index in [1.807, 2.05) is 7.05 Å². The van der Waals surface area contributed by atoms with Crippen molar-refractivity contribution in [1.29, 1.82) is 0 Å². The van der Waals surface area contributed by atoms with E-state index < -0.39 is 0 Å². The molecule has 1 fully saturated rings. The van der Waals surface area contributed by atoms with Gasteiger partial charge in [-0.15, -0.1) is 0 Å². The van der Waals surface area contributed by atoms with E-state index in [9.17, 15) is 0 Å². The first-order valence-corrected chi connectivity index (χ1v) is 5.60. The molecular formula is C11H23NO. The normalized spacial score (nSPS) is 30.7. The zero-order valence-corrected chi connectivity index (χ0v) is 9.18. The van der Waals surface area contributed by atoms with Crippen LogP contribution in [0.2, 0.25) is 0 Å². The van der Waals surface area contributed by atoms with Gasteiger partial charge in [0.05, 0.1) is 12.2 Å². The molecule has 13 heavy (non-hydrogen) atoms. The lowest BCUT2D eigenvalue weighted by Gasteiger charge is -2.23. The smallest absolute Gasteiger partial charge is 0.0731 e. The Kier molecular flexibility index (Phi) is 4.74. The Morgan fingerprint density at radius 1 is 1.46 bits per heavy atom. The van der Waals surface area contributed by atoms with Crippen LogP contribution in [0.15, 0.2) is 0 Å². The highest BCUT2D eigenvalue weighted by molar-refractivity contribution is 4.83. The molecule has 1 N–H and O–H groups in total. The van der Waals surface area contributed by atoms with Crippen molar-refractivity contribution in [3.8, 4) is 0 Å². The van der Waals surface area contributed by atoms with Crippen LogP contribution in [0, 0.1) is 0 Å². The highest BCUT2D eigenvalue weighted by Crippen LogP contribution is 2.23. The summed E-state index contributed by atoms with van der Waals surface area (Å²) in [6.45, 7) is 4.40. The van der Waals surface area contributed by atoms with E-state index in [1.165, 1.54) is 32.1 Å². The summed E-state index contributed by atoms with van der Waals surface area (Å²) in [7, 11) is 2.04. The maximum Gasteiger partial charge on any atom is 0.0731 e. The van der Waals surface area contributed by atoms with Crippen LogP contribution in [0.3, 0.4) is 0 Å². The van der Waals surface area contributed by atoms with Crippen LogP contribution in [0.4, 0.5) is 0 Å². The van der Waals surface area contributed by atoms with Crippen molar-refractivity contribution < 1.29 is 4.74 Å². The van der Waals surface area contributed by atoms with E-state index >= 15 is 0 Å². The molecule has 0 aromatic carbocycles. The van der Waals surface area contributed by atoms with E-state index in [0.29, 0.717) is 18.2 Å². The van der Waals surface area contributed by atoms with E-state index in [4.69, 9.17) is 4.74 Å². The van der Waals surface area contributed by atoms with Crippen molar-refractivity contribution in [1.82, 2.24) is 5.32 Å². The molecule has 1 aliphatic rings. The average molecular weight is 185 g/mol. The molecule has 0 spiro atoms. The molecule has 0 aliphatic heterocycles. The van der Waals surface area contributed by atoms with Gasteiger partial charge in [0.25, 0.3) is 0 Å². The first-order valence-electron chi connectivity index (χ1n) is 5.60. The van der Waals surface area contributed by atoms with Gasteiger partial charge in [-0.3, -0.25) is 0 Å². The standard InChI is InChI=1S/C11H23NO/c1-4-6-9(2)13-11-8-5-7-10(11)12-3/h9-12H,4-8H2,1-3H3. The van der Waals surface area contributed by atoms with Gasteiger partial charge in [0.15, 0.2) is 0 Å². The van der Waals surface area contributed by atoms with Crippen LogP contribution in [0.5, 0.6) is 0 Å². The number of nitrogens with one attached hydrogen (secondary N) is 1. The number of hydrogen-bond donors (Lipinski definition) is 1. The largest absolute Gasteiger partial charge is 0.374 e. The van der Waals surface area contributed by atoms with Crippen molar-refractivity contribution in [2.75, 3.05) is 7.05 Å². The summed E-state index contributed by atoms with van der Waals surface area (Å²) in [6.07, 6.45) is 7.13. The molecule has 1 saturated carbocycles. The second-order valence-electron chi connectivity index (χ2n) is 4.10. The van der Waals surface area contributed by atoms with Gasteiger partial charge in [-0.2, -0.15) is 0 Å². The summed E-state index contributed by atoms with van der Waals surface area (Å²) in [4.78, 5) is 0. The topological polar surface area (TPSA) is 21.3 Å². The van der Waals surface area contributed by atoms with Crippen LogP contribution < -0.4 is 5.32 Å². The van der Waals surface area contributed by atoms with Gasteiger partial charge in [0.2, 0.25) is 0 Å². The van der Waals surface area contributed by atoms with Crippen molar-refractivity contribution in [3.63, 3.8) is 0 Å². The SMILES string of the molecule is CCCC(C)OC1CCCC1NC. The van der Waals surface area contributed by atoms with E-state index in [1.54, 1.807) is 0 Å². The molecule has 3 atom stereocenters. The van der Waals surface area contributed by atoms with E-state index in [2.05, 4.69) is 19.2 Å². The Hall–Kier alpha value is -0.0800. The Bertz CT molecular complexity index is 138. The number of likely N-dealkylation sites (N-methyl/N-ethyl adjacent to an activating group) is 1. The minimum atomic E-state index is 0.434. The zero-order valence-electron chi connectivity index (χ0n) is 9.18. The molecule has 1 aliphatic carbocycles. The maximum atomic E-state index is 5.99. The number of ether oxygens (including phenoxy) is 1. The fourth-order valence-electron chi connectivity index (χ4n) is 2.19. The molecule has 0 radical (unpaired) electrons. The van der Waals surface area contributed by atoms with Gasteiger partial charge in [-0.1, -0.05) is 13.3 Å². The minimum Gasteiger partial charge on any atom is -0.374 e. The molecule has 0 amide bonds. The Labute approximate surface area is 82.0 Å². The van der Waals surface area contributed by atoms with Crippen LogP contribution in [0.25, 0.3) is 0 Å². The highest BCUT2D eigenvalue weighted by atomic mass is 16.5. The monoisotopic (exact) mass is 185 g/mol. The molecule has 1 rings (SSSR count). The molecule has 78 valence electrons. The summed E-state index contributed by atoms with van der Waals surface area (Å²) in [6, 6.07) is 0.597. The second kappa shape index (κ2) is 5.61. The number of hydrogen-bond acceptors (Lipinski definition) is 2. The molecule has 3 unspecified atom stereocenters. The average Bonchev–Trinajstić information content (AvgIpc) is 2.52. The predicted molar refractivity (Wildman–Crippen MR) is 55.9 cm³/mol. The summed E-state index contributed by atoms with van der Waals surface area (Å²) in [5.41, 5.74) is 0. The maximum absolute atomic E-state index is 5.99. The third-order valence-corrected chi connectivity index (χ3v) is 2.93.